The minimum atomic E-state index is 0.803. The predicted octanol–water partition coefficient (Wildman–Crippen LogP) is 3.02. The molecule has 1 fully saturated rings. The first-order valence-electron chi connectivity index (χ1n) is 6.81. The van der Waals surface area contributed by atoms with E-state index in [9.17, 15) is 0 Å². The molecular weight excluding hydrogens is 210 g/mol. The molecule has 0 aliphatic carbocycles. The van der Waals surface area contributed by atoms with Crippen LogP contribution in [0.4, 0.5) is 0 Å². The van der Waals surface area contributed by atoms with Crippen molar-refractivity contribution in [1.29, 1.82) is 0 Å². The van der Waals surface area contributed by atoms with Crippen molar-refractivity contribution in [2.45, 2.75) is 32.6 Å². The second-order valence-electron chi connectivity index (χ2n) is 4.81. The number of rotatable bonds is 5. The molecule has 0 amide bonds. The van der Waals surface area contributed by atoms with Crippen molar-refractivity contribution in [3.05, 3.63) is 29.8 Å². The predicted molar refractivity (Wildman–Crippen MR) is 71.5 cm³/mol. The van der Waals surface area contributed by atoms with Gasteiger partial charge in [-0.3, -0.25) is 0 Å². The maximum absolute atomic E-state index is 5.90. The van der Waals surface area contributed by atoms with Crippen LogP contribution in [0.2, 0.25) is 0 Å². The van der Waals surface area contributed by atoms with Gasteiger partial charge in [0.1, 0.15) is 5.75 Å². The van der Waals surface area contributed by atoms with Crippen LogP contribution in [0.5, 0.6) is 5.75 Å². The highest BCUT2D eigenvalue weighted by Crippen LogP contribution is 2.20. The fourth-order valence-electron chi connectivity index (χ4n) is 2.44. The van der Waals surface area contributed by atoms with Crippen molar-refractivity contribution in [2.75, 3.05) is 19.7 Å². The van der Waals surface area contributed by atoms with Gasteiger partial charge < -0.3 is 10.1 Å². The second kappa shape index (κ2) is 6.65. The minimum absolute atomic E-state index is 0.803. The molecule has 2 nitrogen and oxygen atoms in total. The average Bonchev–Trinajstić information content (AvgIpc) is 2.40. The Labute approximate surface area is 104 Å². The molecule has 1 heterocycles. The lowest BCUT2D eigenvalue weighted by Gasteiger charge is -2.22. The average molecular weight is 233 g/mol. The number of para-hydroxylation sites is 1. The Hall–Kier alpha value is -1.02. The number of aryl methyl sites for hydroxylation is 1. The molecule has 1 N–H and O–H groups in total. The lowest BCUT2D eigenvalue weighted by Crippen LogP contribution is -2.30. The van der Waals surface area contributed by atoms with Crippen molar-refractivity contribution >= 4 is 0 Å². The van der Waals surface area contributed by atoms with Crippen LogP contribution in [-0.4, -0.2) is 19.7 Å². The molecule has 94 valence electrons. The molecule has 0 bridgehead atoms. The van der Waals surface area contributed by atoms with Crippen molar-refractivity contribution in [2.24, 2.45) is 5.92 Å². The van der Waals surface area contributed by atoms with Crippen LogP contribution in [0.15, 0.2) is 24.3 Å². The fraction of sp³-hybridized carbons (Fsp3) is 0.600. The van der Waals surface area contributed by atoms with Crippen LogP contribution in [0.1, 0.15) is 31.7 Å². The molecule has 1 aromatic rings. The van der Waals surface area contributed by atoms with E-state index in [-0.39, 0.29) is 0 Å². The summed E-state index contributed by atoms with van der Waals surface area (Å²) in [4.78, 5) is 0. The molecule has 17 heavy (non-hydrogen) atoms. The summed E-state index contributed by atoms with van der Waals surface area (Å²) in [5, 5.41) is 3.45. The summed E-state index contributed by atoms with van der Waals surface area (Å²) < 4.78 is 5.90. The Morgan fingerprint density at radius 3 is 3.00 bits per heavy atom. The maximum atomic E-state index is 5.90. The van der Waals surface area contributed by atoms with E-state index in [2.05, 4.69) is 36.5 Å². The normalized spacial score (nSPS) is 20.2. The molecule has 0 spiro atoms. The summed E-state index contributed by atoms with van der Waals surface area (Å²) in [6.07, 6.45) is 4.88. The molecule has 1 aliphatic heterocycles. The van der Waals surface area contributed by atoms with E-state index < -0.39 is 0 Å². The Morgan fingerprint density at radius 2 is 2.24 bits per heavy atom. The lowest BCUT2D eigenvalue weighted by molar-refractivity contribution is 0.252. The number of hydrogen-bond acceptors (Lipinski definition) is 2. The summed E-state index contributed by atoms with van der Waals surface area (Å²) >= 11 is 0. The molecule has 1 aliphatic rings. The van der Waals surface area contributed by atoms with Crippen LogP contribution in [-0.2, 0) is 6.42 Å². The Bertz CT molecular complexity index is 331. The summed E-state index contributed by atoms with van der Waals surface area (Å²) in [6.45, 7) is 5.38. The Balaban J connectivity index is 1.77. The molecule has 2 rings (SSSR count). The van der Waals surface area contributed by atoms with E-state index in [1.807, 2.05) is 0 Å². The van der Waals surface area contributed by atoms with Gasteiger partial charge in [0.15, 0.2) is 0 Å². The first-order valence-corrected chi connectivity index (χ1v) is 6.81. The zero-order valence-corrected chi connectivity index (χ0v) is 10.7. The maximum Gasteiger partial charge on any atom is 0.122 e. The van der Waals surface area contributed by atoms with E-state index in [1.165, 1.54) is 37.9 Å². The van der Waals surface area contributed by atoms with Gasteiger partial charge in [0, 0.05) is 0 Å². The van der Waals surface area contributed by atoms with Crippen LogP contribution in [0.25, 0.3) is 0 Å². The highest BCUT2D eigenvalue weighted by Gasteiger charge is 2.12. The first-order chi connectivity index (χ1) is 8.40. The van der Waals surface area contributed by atoms with Crippen LogP contribution in [0.3, 0.4) is 0 Å². The SMILES string of the molecule is CCc1ccccc1OCC[C@@H]1CCCNC1. The van der Waals surface area contributed by atoms with Gasteiger partial charge >= 0.3 is 0 Å². The molecule has 1 aromatic carbocycles. The minimum Gasteiger partial charge on any atom is -0.493 e. The van der Waals surface area contributed by atoms with Gasteiger partial charge in [-0.1, -0.05) is 25.1 Å². The monoisotopic (exact) mass is 233 g/mol. The van der Waals surface area contributed by atoms with Gasteiger partial charge in [-0.2, -0.15) is 0 Å². The number of nitrogens with one attached hydrogen (secondary N) is 1. The van der Waals surface area contributed by atoms with E-state index >= 15 is 0 Å². The first kappa shape index (κ1) is 12.4. The van der Waals surface area contributed by atoms with Gasteiger partial charge in [0.25, 0.3) is 0 Å². The zero-order chi connectivity index (χ0) is 11.9. The standard InChI is InChI=1S/C15H23NO/c1-2-14-7-3-4-8-15(14)17-11-9-13-6-5-10-16-12-13/h3-4,7-8,13,16H,2,5-6,9-12H2,1H3/t13-/m0/s1. The van der Waals surface area contributed by atoms with Crippen molar-refractivity contribution in [3.8, 4) is 5.75 Å². The third-order valence-corrected chi connectivity index (χ3v) is 3.54. The molecule has 0 unspecified atom stereocenters. The molecular formula is C15H23NO. The van der Waals surface area contributed by atoms with E-state index in [4.69, 9.17) is 4.74 Å². The Morgan fingerprint density at radius 1 is 1.35 bits per heavy atom. The highest BCUT2D eigenvalue weighted by molar-refractivity contribution is 5.33. The van der Waals surface area contributed by atoms with Gasteiger partial charge in [0.2, 0.25) is 0 Å². The smallest absolute Gasteiger partial charge is 0.122 e. The summed E-state index contributed by atoms with van der Waals surface area (Å²) in [5.41, 5.74) is 1.31. The third-order valence-electron chi connectivity index (χ3n) is 3.54. The van der Waals surface area contributed by atoms with E-state index in [0.29, 0.717) is 0 Å². The van der Waals surface area contributed by atoms with E-state index in [1.54, 1.807) is 0 Å². The van der Waals surface area contributed by atoms with Gasteiger partial charge in [0.05, 0.1) is 6.61 Å². The van der Waals surface area contributed by atoms with Crippen LogP contribution < -0.4 is 10.1 Å². The summed E-state index contributed by atoms with van der Waals surface area (Å²) in [7, 11) is 0. The van der Waals surface area contributed by atoms with Crippen LogP contribution in [0, 0.1) is 5.92 Å². The lowest BCUT2D eigenvalue weighted by atomic mass is 9.97. The Kier molecular flexibility index (Phi) is 4.87. The largest absolute Gasteiger partial charge is 0.493 e. The molecule has 0 aromatic heterocycles. The number of benzene rings is 1. The summed E-state index contributed by atoms with van der Waals surface area (Å²) in [5.74, 6) is 1.87. The molecule has 2 heteroatoms. The highest BCUT2D eigenvalue weighted by atomic mass is 16.5. The number of hydrogen-bond donors (Lipinski definition) is 1. The van der Waals surface area contributed by atoms with Crippen LogP contribution >= 0.6 is 0 Å². The quantitative estimate of drug-likeness (QED) is 0.844. The fourth-order valence-corrected chi connectivity index (χ4v) is 2.44. The third kappa shape index (κ3) is 3.74. The van der Waals surface area contributed by atoms with Crippen molar-refractivity contribution in [1.82, 2.24) is 5.32 Å². The topological polar surface area (TPSA) is 21.3 Å². The molecule has 0 saturated carbocycles. The molecule has 0 radical (unpaired) electrons. The van der Waals surface area contributed by atoms with Crippen molar-refractivity contribution in [3.63, 3.8) is 0 Å². The second-order valence-corrected chi connectivity index (χ2v) is 4.81. The molecule has 1 saturated heterocycles. The van der Waals surface area contributed by atoms with Gasteiger partial charge in [-0.05, 0) is 56.3 Å². The van der Waals surface area contributed by atoms with E-state index in [0.717, 1.165) is 24.7 Å². The van der Waals surface area contributed by atoms with Crippen molar-refractivity contribution < 1.29 is 4.74 Å². The number of ether oxygens (including phenoxy) is 1. The number of piperidine rings is 1. The zero-order valence-electron chi connectivity index (χ0n) is 10.7. The molecule has 1 atom stereocenters. The summed E-state index contributed by atoms with van der Waals surface area (Å²) in [6, 6.07) is 8.36. The van der Waals surface area contributed by atoms with Gasteiger partial charge in [-0.25, -0.2) is 0 Å². The van der Waals surface area contributed by atoms with Gasteiger partial charge in [-0.15, -0.1) is 0 Å².